The molecule has 0 spiro atoms. The number of fused-ring (bicyclic) bond motifs is 1. The van der Waals surface area contributed by atoms with Gasteiger partial charge in [0.1, 0.15) is 5.03 Å². The third-order valence-electron chi connectivity index (χ3n) is 4.68. The number of allylic oxidation sites excluding steroid dienone is 3. The normalized spacial score (nSPS) is 16.0. The van der Waals surface area contributed by atoms with Crippen LogP contribution in [0.5, 0.6) is 0 Å². The number of hydrogen-bond acceptors (Lipinski definition) is 4. The lowest BCUT2D eigenvalue weighted by Gasteiger charge is -2.21. The first-order chi connectivity index (χ1) is 12.7. The Morgan fingerprint density at radius 2 is 2.23 bits per heavy atom. The molecule has 1 aliphatic rings. The Hall–Kier alpha value is -2.05. The van der Waals surface area contributed by atoms with E-state index in [4.69, 9.17) is 5.10 Å². The second-order valence-electron chi connectivity index (χ2n) is 6.41. The fourth-order valence-corrected chi connectivity index (χ4v) is 3.86. The summed E-state index contributed by atoms with van der Waals surface area (Å²) in [4.78, 5) is 12.5. The molecule has 2 heterocycles. The van der Waals surface area contributed by atoms with Crippen molar-refractivity contribution < 1.29 is 4.79 Å². The largest absolute Gasteiger partial charge is 0.326 e. The van der Waals surface area contributed by atoms with Crippen LogP contribution < -0.4 is 10.6 Å². The molecule has 1 amide bonds. The summed E-state index contributed by atoms with van der Waals surface area (Å²) in [5.41, 5.74) is 2.76. The zero-order chi connectivity index (χ0) is 18.5. The quantitative estimate of drug-likeness (QED) is 0.593. The molecule has 0 aliphatic carbocycles. The van der Waals surface area contributed by atoms with Crippen molar-refractivity contribution in [1.82, 2.24) is 15.1 Å². The molecule has 0 atom stereocenters. The maximum absolute atomic E-state index is 12.5. The Labute approximate surface area is 158 Å². The van der Waals surface area contributed by atoms with E-state index >= 15 is 0 Å². The number of nitrogens with zero attached hydrogens (tertiary/aromatic N) is 2. The number of rotatable bonds is 6. The Morgan fingerprint density at radius 3 is 2.88 bits per heavy atom. The fourth-order valence-electron chi connectivity index (χ4n) is 3.31. The average molecular weight is 371 g/mol. The zero-order valence-corrected chi connectivity index (χ0v) is 16.2. The lowest BCUT2D eigenvalue weighted by Crippen LogP contribution is -2.34. The molecule has 2 aromatic rings. The highest BCUT2D eigenvalue weighted by molar-refractivity contribution is 7.98. The Morgan fingerprint density at radius 1 is 1.46 bits per heavy atom. The molecule has 0 bridgehead atoms. The molecule has 1 aliphatic heterocycles. The Balaban J connectivity index is 1.94. The van der Waals surface area contributed by atoms with E-state index in [9.17, 15) is 4.79 Å². The molecule has 5 nitrogen and oxygen atoms in total. The van der Waals surface area contributed by atoms with Crippen LogP contribution in [0.15, 0.2) is 42.0 Å². The first kappa shape index (κ1) is 18.7. The lowest BCUT2D eigenvalue weighted by molar-refractivity contribution is -0.120. The predicted molar refractivity (Wildman–Crippen MR) is 110 cm³/mol. The third kappa shape index (κ3) is 3.86. The van der Waals surface area contributed by atoms with Crippen LogP contribution in [0.3, 0.4) is 0 Å². The molecule has 6 heteroatoms. The van der Waals surface area contributed by atoms with Crippen LogP contribution in [0.4, 0.5) is 5.69 Å². The van der Waals surface area contributed by atoms with E-state index < -0.39 is 0 Å². The van der Waals surface area contributed by atoms with Crippen molar-refractivity contribution in [2.75, 3.05) is 24.7 Å². The van der Waals surface area contributed by atoms with Crippen molar-refractivity contribution in [1.29, 1.82) is 0 Å². The third-order valence-corrected chi connectivity index (χ3v) is 5.37. The Bertz CT molecular complexity index is 834. The van der Waals surface area contributed by atoms with E-state index in [1.807, 2.05) is 35.2 Å². The minimum Gasteiger partial charge on any atom is -0.326 e. The van der Waals surface area contributed by atoms with Crippen LogP contribution in [0.1, 0.15) is 26.2 Å². The van der Waals surface area contributed by atoms with Crippen LogP contribution in [-0.4, -0.2) is 35.0 Å². The van der Waals surface area contributed by atoms with Crippen LogP contribution in [-0.2, 0) is 4.79 Å². The van der Waals surface area contributed by atoms with E-state index in [0.717, 1.165) is 59.7 Å². The molecule has 3 rings (SSSR count). The fraction of sp³-hybridized carbons (Fsp3) is 0.400. The van der Waals surface area contributed by atoms with E-state index in [1.165, 1.54) is 0 Å². The van der Waals surface area contributed by atoms with Gasteiger partial charge in [-0.3, -0.25) is 4.79 Å². The van der Waals surface area contributed by atoms with Gasteiger partial charge in [-0.1, -0.05) is 19.6 Å². The van der Waals surface area contributed by atoms with E-state index in [0.29, 0.717) is 0 Å². The van der Waals surface area contributed by atoms with E-state index in [-0.39, 0.29) is 11.8 Å². The first-order valence-electron chi connectivity index (χ1n) is 9.09. The standard InChI is InChI=1S/C20H26N4OS/c1-4-6-16(5-2)24-18-13-15(7-8-17(18)20(23-24)26-3)22-19(25)14-9-11-21-12-10-14/h5-8,13-14,21H,2,4,9-12H2,1,3H3,(H,22,25)/b16-6+. The molecular formula is C20H26N4OS. The summed E-state index contributed by atoms with van der Waals surface area (Å²) < 4.78 is 1.91. The molecule has 2 N–H and O–H groups in total. The second-order valence-corrected chi connectivity index (χ2v) is 7.20. The minimum atomic E-state index is 0.0855. The van der Waals surface area contributed by atoms with Gasteiger partial charge in [0.25, 0.3) is 0 Å². The number of carbonyl (C=O) groups excluding carboxylic acids is 1. The van der Waals surface area contributed by atoms with Crippen molar-refractivity contribution in [3.05, 3.63) is 36.9 Å². The number of hydrogen-bond donors (Lipinski definition) is 2. The summed E-state index contributed by atoms with van der Waals surface area (Å²) >= 11 is 1.62. The van der Waals surface area contributed by atoms with E-state index in [1.54, 1.807) is 11.8 Å². The number of carbonyl (C=O) groups is 1. The van der Waals surface area contributed by atoms with Gasteiger partial charge in [-0.15, -0.1) is 11.8 Å². The maximum Gasteiger partial charge on any atom is 0.227 e. The van der Waals surface area contributed by atoms with Crippen LogP contribution in [0.2, 0.25) is 0 Å². The van der Waals surface area contributed by atoms with Gasteiger partial charge in [0.15, 0.2) is 0 Å². The second kappa shape index (κ2) is 8.56. The lowest BCUT2D eigenvalue weighted by atomic mass is 9.97. The van der Waals surface area contributed by atoms with Crippen molar-refractivity contribution >= 4 is 40.0 Å². The summed E-state index contributed by atoms with van der Waals surface area (Å²) in [6, 6.07) is 6.01. The van der Waals surface area contributed by atoms with E-state index in [2.05, 4.69) is 30.2 Å². The molecule has 1 fully saturated rings. The average Bonchev–Trinajstić information content (AvgIpc) is 3.04. The maximum atomic E-state index is 12.5. The molecule has 138 valence electrons. The minimum absolute atomic E-state index is 0.0855. The van der Waals surface area contributed by atoms with Crippen molar-refractivity contribution in [2.45, 2.75) is 31.2 Å². The molecule has 26 heavy (non-hydrogen) atoms. The molecular weight excluding hydrogens is 344 g/mol. The van der Waals surface area contributed by atoms with Crippen LogP contribution in [0.25, 0.3) is 16.6 Å². The van der Waals surface area contributed by atoms with Gasteiger partial charge in [-0.05, 0) is 62.9 Å². The molecule has 0 saturated carbocycles. The highest BCUT2D eigenvalue weighted by atomic mass is 32.2. The number of piperidine rings is 1. The van der Waals surface area contributed by atoms with Crippen LogP contribution in [0, 0.1) is 5.92 Å². The number of benzene rings is 1. The van der Waals surface area contributed by atoms with Gasteiger partial charge < -0.3 is 10.6 Å². The summed E-state index contributed by atoms with van der Waals surface area (Å²) in [6.07, 6.45) is 8.63. The highest BCUT2D eigenvalue weighted by Crippen LogP contribution is 2.30. The van der Waals surface area contributed by atoms with Crippen molar-refractivity contribution in [3.63, 3.8) is 0 Å². The smallest absolute Gasteiger partial charge is 0.227 e. The van der Waals surface area contributed by atoms with Gasteiger partial charge >= 0.3 is 0 Å². The molecule has 0 radical (unpaired) electrons. The number of anilines is 1. The van der Waals surface area contributed by atoms with Gasteiger partial charge in [0.2, 0.25) is 5.91 Å². The molecule has 1 aromatic carbocycles. The van der Waals surface area contributed by atoms with Gasteiger partial charge in [0, 0.05) is 17.0 Å². The summed E-state index contributed by atoms with van der Waals surface area (Å²) in [7, 11) is 0. The number of nitrogens with one attached hydrogen (secondary N) is 2. The Kier molecular flexibility index (Phi) is 6.16. The summed E-state index contributed by atoms with van der Waals surface area (Å²) in [5.74, 6) is 0.192. The van der Waals surface area contributed by atoms with Crippen molar-refractivity contribution in [3.8, 4) is 0 Å². The number of amides is 1. The molecule has 1 aromatic heterocycles. The topological polar surface area (TPSA) is 59.0 Å². The van der Waals surface area contributed by atoms with Gasteiger partial charge in [-0.25, -0.2) is 4.68 Å². The highest BCUT2D eigenvalue weighted by Gasteiger charge is 2.21. The monoisotopic (exact) mass is 370 g/mol. The molecule has 0 unspecified atom stereocenters. The number of aromatic nitrogens is 2. The van der Waals surface area contributed by atoms with Crippen molar-refractivity contribution in [2.24, 2.45) is 5.92 Å². The number of thioether (sulfide) groups is 1. The zero-order valence-electron chi connectivity index (χ0n) is 15.4. The summed E-state index contributed by atoms with van der Waals surface area (Å²) in [5, 5.41) is 13.2. The summed E-state index contributed by atoms with van der Waals surface area (Å²) in [6.45, 7) is 7.83. The predicted octanol–water partition coefficient (Wildman–Crippen LogP) is 4.13. The SMILES string of the molecule is C=C/C(=C\CC)n1nc(SC)c2ccc(NC(=O)C3CCNCC3)cc21. The van der Waals surface area contributed by atoms with Gasteiger partial charge in [0.05, 0.1) is 11.2 Å². The van der Waals surface area contributed by atoms with Gasteiger partial charge in [-0.2, -0.15) is 5.10 Å². The van der Waals surface area contributed by atoms with Crippen LogP contribution >= 0.6 is 11.8 Å². The first-order valence-corrected chi connectivity index (χ1v) is 10.3. The molecule has 1 saturated heterocycles.